The van der Waals surface area contributed by atoms with Crippen LogP contribution >= 0.6 is 34.7 Å². The Labute approximate surface area is 149 Å². The van der Waals surface area contributed by atoms with Crippen LogP contribution in [0.3, 0.4) is 0 Å². The third kappa shape index (κ3) is 3.95. The van der Waals surface area contributed by atoms with Crippen molar-refractivity contribution < 1.29 is 9.18 Å². The number of thiazole rings is 1. The van der Waals surface area contributed by atoms with E-state index in [-0.39, 0.29) is 22.9 Å². The summed E-state index contributed by atoms with van der Waals surface area (Å²) < 4.78 is 15.0. The number of carbonyl (C=O) groups excluding carboxylic acids is 1. The standard InChI is InChI=1S/C15H11ClFN3O2S2/c16-9-1-2-11(17)12(5-9)19-13(21)8-23-7-10-6-14(22)20-3-4-24-15(20)18-10/h1-6H,7-8H2,(H,19,21). The van der Waals surface area contributed by atoms with Crippen LogP contribution in [0.2, 0.25) is 5.02 Å². The number of hydrogen-bond donors (Lipinski definition) is 1. The lowest BCUT2D eigenvalue weighted by Gasteiger charge is -2.06. The van der Waals surface area contributed by atoms with Crippen molar-refractivity contribution >= 4 is 51.3 Å². The molecule has 0 unspecified atom stereocenters. The van der Waals surface area contributed by atoms with Crippen molar-refractivity contribution in [3.63, 3.8) is 0 Å². The quantitative estimate of drug-likeness (QED) is 0.733. The van der Waals surface area contributed by atoms with E-state index in [9.17, 15) is 14.0 Å². The molecule has 0 saturated heterocycles. The minimum absolute atomic E-state index is 0.0458. The van der Waals surface area contributed by atoms with E-state index in [2.05, 4.69) is 10.3 Å². The van der Waals surface area contributed by atoms with Crippen LogP contribution in [-0.4, -0.2) is 21.0 Å². The molecule has 9 heteroatoms. The summed E-state index contributed by atoms with van der Waals surface area (Å²) in [5.74, 6) is -0.377. The van der Waals surface area contributed by atoms with E-state index in [0.29, 0.717) is 21.4 Å². The second kappa shape index (κ2) is 7.33. The molecule has 124 valence electrons. The van der Waals surface area contributed by atoms with Gasteiger partial charge in [-0.25, -0.2) is 9.37 Å². The lowest BCUT2D eigenvalue weighted by Crippen LogP contribution is -2.16. The first-order chi connectivity index (χ1) is 11.5. The average Bonchev–Trinajstić information content (AvgIpc) is 3.00. The minimum atomic E-state index is -0.546. The fraction of sp³-hybridized carbons (Fsp3) is 0.133. The number of rotatable bonds is 5. The number of aromatic nitrogens is 2. The van der Waals surface area contributed by atoms with E-state index in [1.165, 1.54) is 51.8 Å². The Morgan fingerprint density at radius 1 is 1.42 bits per heavy atom. The van der Waals surface area contributed by atoms with Crippen LogP contribution < -0.4 is 10.9 Å². The van der Waals surface area contributed by atoms with E-state index in [0.717, 1.165) is 0 Å². The fourth-order valence-corrected chi connectivity index (χ4v) is 3.62. The summed E-state index contributed by atoms with van der Waals surface area (Å²) in [6, 6.07) is 5.40. The molecule has 0 bridgehead atoms. The smallest absolute Gasteiger partial charge is 0.258 e. The molecule has 2 aromatic heterocycles. The second-order valence-electron chi connectivity index (χ2n) is 4.81. The van der Waals surface area contributed by atoms with Gasteiger partial charge in [-0.15, -0.1) is 23.1 Å². The van der Waals surface area contributed by atoms with Gasteiger partial charge in [-0.05, 0) is 18.2 Å². The Balaban J connectivity index is 1.58. The first-order valence-electron chi connectivity index (χ1n) is 6.81. The predicted molar refractivity (Wildman–Crippen MR) is 95.5 cm³/mol. The Kier molecular flexibility index (Phi) is 5.17. The molecule has 1 amide bonds. The van der Waals surface area contributed by atoms with Crippen LogP contribution in [0.1, 0.15) is 5.69 Å². The van der Waals surface area contributed by atoms with Crippen molar-refractivity contribution in [2.45, 2.75) is 5.75 Å². The van der Waals surface area contributed by atoms with E-state index >= 15 is 0 Å². The number of amides is 1. The Bertz CT molecular complexity index is 957. The highest BCUT2D eigenvalue weighted by Crippen LogP contribution is 2.20. The zero-order valence-electron chi connectivity index (χ0n) is 12.2. The molecule has 0 aliphatic heterocycles. The molecule has 0 saturated carbocycles. The van der Waals surface area contributed by atoms with E-state index < -0.39 is 5.82 Å². The maximum Gasteiger partial charge on any atom is 0.258 e. The highest BCUT2D eigenvalue weighted by Gasteiger charge is 2.09. The molecule has 0 fully saturated rings. The number of nitrogens with one attached hydrogen (secondary N) is 1. The van der Waals surface area contributed by atoms with Gasteiger partial charge in [-0.2, -0.15) is 0 Å². The predicted octanol–water partition coefficient (Wildman–Crippen LogP) is 3.42. The maximum absolute atomic E-state index is 13.6. The number of thioether (sulfide) groups is 1. The van der Waals surface area contributed by atoms with Crippen molar-refractivity contribution in [1.82, 2.24) is 9.38 Å². The molecule has 5 nitrogen and oxygen atoms in total. The first kappa shape index (κ1) is 16.9. The molecule has 0 atom stereocenters. The average molecular weight is 384 g/mol. The summed E-state index contributed by atoms with van der Waals surface area (Å²) in [6.45, 7) is 0. The number of hydrogen-bond acceptors (Lipinski definition) is 5. The summed E-state index contributed by atoms with van der Waals surface area (Å²) >= 11 is 8.44. The van der Waals surface area contributed by atoms with Gasteiger partial charge < -0.3 is 5.32 Å². The summed E-state index contributed by atoms with van der Waals surface area (Å²) in [5.41, 5.74) is 0.501. The van der Waals surface area contributed by atoms with Crippen molar-refractivity contribution in [2.75, 3.05) is 11.1 Å². The molecule has 3 rings (SSSR count). The van der Waals surface area contributed by atoms with Crippen LogP contribution in [0.15, 0.2) is 40.6 Å². The highest BCUT2D eigenvalue weighted by molar-refractivity contribution is 7.99. The SMILES string of the molecule is O=C(CSCc1cc(=O)n2ccsc2n1)Nc1cc(Cl)ccc1F. The minimum Gasteiger partial charge on any atom is -0.323 e. The number of carbonyl (C=O) groups is 1. The summed E-state index contributed by atoms with van der Waals surface area (Å²) in [4.78, 5) is 28.7. The molecule has 24 heavy (non-hydrogen) atoms. The van der Waals surface area contributed by atoms with Gasteiger partial charge in [0.2, 0.25) is 5.91 Å². The molecule has 1 aromatic carbocycles. The zero-order valence-corrected chi connectivity index (χ0v) is 14.6. The third-order valence-electron chi connectivity index (χ3n) is 3.04. The molecule has 1 N–H and O–H groups in total. The first-order valence-corrected chi connectivity index (χ1v) is 9.22. The molecule has 0 radical (unpaired) electrons. The van der Waals surface area contributed by atoms with Gasteiger partial charge in [0.15, 0.2) is 4.96 Å². The van der Waals surface area contributed by atoms with Crippen LogP contribution in [0.4, 0.5) is 10.1 Å². The lowest BCUT2D eigenvalue weighted by molar-refractivity contribution is -0.113. The Morgan fingerprint density at radius 3 is 3.08 bits per heavy atom. The van der Waals surface area contributed by atoms with E-state index in [1.807, 2.05) is 0 Å². The van der Waals surface area contributed by atoms with Gasteiger partial charge in [0.25, 0.3) is 5.56 Å². The van der Waals surface area contributed by atoms with Gasteiger partial charge in [-0.3, -0.25) is 14.0 Å². The number of benzene rings is 1. The van der Waals surface area contributed by atoms with Crippen LogP contribution in [0, 0.1) is 5.82 Å². The number of anilines is 1. The van der Waals surface area contributed by atoms with Gasteiger partial charge in [0.05, 0.1) is 17.1 Å². The zero-order chi connectivity index (χ0) is 17.1. The molecular weight excluding hydrogens is 373 g/mol. The molecule has 2 heterocycles. The molecule has 0 aliphatic carbocycles. The summed E-state index contributed by atoms with van der Waals surface area (Å²) in [7, 11) is 0. The van der Waals surface area contributed by atoms with Gasteiger partial charge in [0, 0.05) is 28.4 Å². The maximum atomic E-state index is 13.6. The summed E-state index contributed by atoms with van der Waals surface area (Å²) in [5, 5.41) is 4.60. The number of halogens is 2. The molecular formula is C15H11ClFN3O2S2. The van der Waals surface area contributed by atoms with E-state index in [1.54, 1.807) is 11.6 Å². The van der Waals surface area contributed by atoms with E-state index in [4.69, 9.17) is 11.6 Å². The van der Waals surface area contributed by atoms with Crippen molar-refractivity contribution in [1.29, 1.82) is 0 Å². The molecule has 0 spiro atoms. The van der Waals surface area contributed by atoms with Crippen LogP contribution in [0.5, 0.6) is 0 Å². The molecule has 0 aliphatic rings. The van der Waals surface area contributed by atoms with Gasteiger partial charge >= 0.3 is 0 Å². The summed E-state index contributed by atoms with van der Waals surface area (Å²) in [6.07, 6.45) is 1.67. The largest absolute Gasteiger partial charge is 0.323 e. The van der Waals surface area contributed by atoms with Gasteiger partial charge in [0.1, 0.15) is 5.82 Å². The van der Waals surface area contributed by atoms with Gasteiger partial charge in [-0.1, -0.05) is 11.6 Å². The van der Waals surface area contributed by atoms with Crippen molar-refractivity contribution in [3.05, 3.63) is 62.7 Å². The van der Waals surface area contributed by atoms with Crippen molar-refractivity contribution in [3.8, 4) is 0 Å². The number of nitrogens with zero attached hydrogens (tertiary/aromatic N) is 2. The second-order valence-corrected chi connectivity index (χ2v) is 7.10. The normalized spacial score (nSPS) is 10.9. The highest BCUT2D eigenvalue weighted by atomic mass is 35.5. The lowest BCUT2D eigenvalue weighted by atomic mass is 10.3. The topological polar surface area (TPSA) is 63.5 Å². The number of fused-ring (bicyclic) bond motifs is 1. The van der Waals surface area contributed by atoms with Crippen molar-refractivity contribution in [2.24, 2.45) is 0 Å². The Morgan fingerprint density at radius 2 is 2.25 bits per heavy atom. The third-order valence-corrected chi connectivity index (χ3v) is 5.00. The van der Waals surface area contributed by atoms with Crippen LogP contribution in [-0.2, 0) is 10.5 Å². The molecule has 3 aromatic rings. The Hall–Kier alpha value is -1.90. The monoisotopic (exact) mass is 383 g/mol. The van der Waals surface area contributed by atoms with Crippen LogP contribution in [0.25, 0.3) is 4.96 Å². The fourth-order valence-electron chi connectivity index (χ4n) is 1.99.